The second-order valence-electron chi connectivity index (χ2n) is 4.19. The number of hydrogen-bond donors (Lipinski definition) is 2. The molecule has 0 aliphatic rings. The number of hydrogen-bond acceptors (Lipinski definition) is 3. The Bertz CT molecular complexity index is 594. The van der Waals surface area contributed by atoms with E-state index >= 15 is 0 Å². The molecule has 1 aromatic heterocycles. The number of aryl methyl sites for hydroxylation is 2. The Labute approximate surface area is 105 Å². The van der Waals surface area contributed by atoms with Gasteiger partial charge in [0.25, 0.3) is 5.91 Å². The number of phenols is 1. The first-order chi connectivity index (χ1) is 8.56. The Morgan fingerprint density at radius 2 is 1.89 bits per heavy atom. The molecule has 2 aromatic rings. The maximum Gasteiger partial charge on any atom is 0.260 e. The average Bonchev–Trinajstić information content (AvgIpc) is 2.28. The van der Waals surface area contributed by atoms with Gasteiger partial charge in [0.1, 0.15) is 11.6 Å². The number of anilines is 1. The number of aromatic nitrogens is 1. The number of carbonyl (C=O) groups is 1. The number of nitrogens with zero attached hydrogens (tertiary/aromatic N) is 1. The molecule has 0 saturated heterocycles. The lowest BCUT2D eigenvalue weighted by molar-refractivity contribution is 0.102. The molecule has 1 aromatic carbocycles. The summed E-state index contributed by atoms with van der Waals surface area (Å²) in [6.07, 6.45) is 1.62. The van der Waals surface area contributed by atoms with E-state index in [1.165, 1.54) is 0 Å². The quantitative estimate of drug-likeness (QED) is 0.851. The normalized spacial score (nSPS) is 10.1. The fourth-order valence-electron chi connectivity index (χ4n) is 1.62. The van der Waals surface area contributed by atoms with Crippen molar-refractivity contribution >= 4 is 11.7 Å². The molecule has 0 bridgehead atoms. The minimum Gasteiger partial charge on any atom is -0.507 e. The number of aromatic hydroxyl groups is 1. The zero-order valence-corrected chi connectivity index (χ0v) is 10.3. The molecule has 0 spiro atoms. The zero-order valence-electron chi connectivity index (χ0n) is 10.3. The number of rotatable bonds is 2. The van der Waals surface area contributed by atoms with Crippen LogP contribution in [-0.4, -0.2) is 16.0 Å². The molecule has 0 radical (unpaired) electrons. The highest BCUT2D eigenvalue weighted by Crippen LogP contribution is 2.19. The van der Waals surface area contributed by atoms with Crippen molar-refractivity contribution in [2.24, 2.45) is 0 Å². The van der Waals surface area contributed by atoms with Crippen LogP contribution in [0.4, 0.5) is 5.82 Å². The van der Waals surface area contributed by atoms with E-state index < -0.39 is 0 Å². The van der Waals surface area contributed by atoms with Gasteiger partial charge in [-0.3, -0.25) is 4.79 Å². The topological polar surface area (TPSA) is 62.2 Å². The Kier molecular flexibility index (Phi) is 3.28. The molecule has 0 aliphatic carbocycles. The Morgan fingerprint density at radius 1 is 1.17 bits per heavy atom. The minimum atomic E-state index is -0.370. The maximum atomic E-state index is 11.9. The molecule has 0 saturated carbocycles. The Morgan fingerprint density at radius 3 is 2.56 bits per heavy atom. The summed E-state index contributed by atoms with van der Waals surface area (Å²) in [7, 11) is 0. The summed E-state index contributed by atoms with van der Waals surface area (Å²) in [5.41, 5.74) is 2.15. The van der Waals surface area contributed by atoms with E-state index in [1.54, 1.807) is 30.5 Å². The highest BCUT2D eigenvalue weighted by molar-refractivity contribution is 6.05. The summed E-state index contributed by atoms with van der Waals surface area (Å²) in [6, 6.07) is 8.54. The average molecular weight is 242 g/mol. The third-order valence-electron chi connectivity index (χ3n) is 2.55. The zero-order chi connectivity index (χ0) is 13.1. The van der Waals surface area contributed by atoms with Crippen LogP contribution in [-0.2, 0) is 0 Å². The lowest BCUT2D eigenvalue weighted by Gasteiger charge is -2.07. The molecule has 2 N–H and O–H groups in total. The summed E-state index contributed by atoms with van der Waals surface area (Å²) in [5, 5.41) is 12.4. The standard InChI is InChI=1S/C14H14N2O2/c1-9-3-4-11(12(17)7-9)14(18)16-13-8-10(2)5-6-15-13/h3-8,17H,1-2H3,(H,15,16,18). The largest absolute Gasteiger partial charge is 0.507 e. The highest BCUT2D eigenvalue weighted by Gasteiger charge is 2.11. The molecule has 0 fully saturated rings. The van der Waals surface area contributed by atoms with Gasteiger partial charge in [-0.05, 0) is 49.2 Å². The van der Waals surface area contributed by atoms with Gasteiger partial charge in [0.2, 0.25) is 0 Å². The van der Waals surface area contributed by atoms with E-state index in [0.29, 0.717) is 5.82 Å². The van der Waals surface area contributed by atoms with Crippen molar-refractivity contribution in [3.8, 4) is 5.75 Å². The highest BCUT2D eigenvalue weighted by atomic mass is 16.3. The molecule has 4 nitrogen and oxygen atoms in total. The monoisotopic (exact) mass is 242 g/mol. The van der Waals surface area contributed by atoms with Crippen LogP contribution in [0.25, 0.3) is 0 Å². The summed E-state index contributed by atoms with van der Waals surface area (Å²) >= 11 is 0. The van der Waals surface area contributed by atoms with Gasteiger partial charge in [-0.25, -0.2) is 4.98 Å². The number of pyridine rings is 1. The van der Waals surface area contributed by atoms with Crippen molar-refractivity contribution in [3.05, 3.63) is 53.2 Å². The van der Waals surface area contributed by atoms with E-state index in [-0.39, 0.29) is 17.2 Å². The summed E-state index contributed by atoms with van der Waals surface area (Å²) < 4.78 is 0. The van der Waals surface area contributed by atoms with E-state index in [0.717, 1.165) is 11.1 Å². The van der Waals surface area contributed by atoms with E-state index in [4.69, 9.17) is 0 Å². The predicted octanol–water partition coefficient (Wildman–Crippen LogP) is 2.66. The maximum absolute atomic E-state index is 11.9. The number of phenolic OH excluding ortho intramolecular Hbond substituents is 1. The van der Waals surface area contributed by atoms with Gasteiger partial charge < -0.3 is 10.4 Å². The van der Waals surface area contributed by atoms with Crippen LogP contribution in [0.3, 0.4) is 0 Å². The van der Waals surface area contributed by atoms with Crippen LogP contribution in [0, 0.1) is 13.8 Å². The van der Waals surface area contributed by atoms with Crippen molar-refractivity contribution in [1.29, 1.82) is 0 Å². The number of amides is 1. The first-order valence-corrected chi connectivity index (χ1v) is 5.60. The number of nitrogens with one attached hydrogen (secondary N) is 1. The van der Waals surface area contributed by atoms with Gasteiger partial charge in [0.05, 0.1) is 5.56 Å². The third-order valence-corrected chi connectivity index (χ3v) is 2.55. The molecule has 1 amide bonds. The molecule has 0 aliphatic heterocycles. The molecular weight excluding hydrogens is 228 g/mol. The molecule has 4 heteroatoms. The smallest absolute Gasteiger partial charge is 0.260 e. The van der Waals surface area contributed by atoms with Crippen LogP contribution >= 0.6 is 0 Å². The fraction of sp³-hybridized carbons (Fsp3) is 0.143. The Hall–Kier alpha value is -2.36. The second kappa shape index (κ2) is 4.87. The minimum absolute atomic E-state index is 0.0276. The first kappa shape index (κ1) is 12.1. The first-order valence-electron chi connectivity index (χ1n) is 5.60. The number of benzene rings is 1. The molecule has 0 atom stereocenters. The van der Waals surface area contributed by atoms with E-state index in [1.807, 2.05) is 19.9 Å². The SMILES string of the molecule is Cc1ccnc(NC(=O)c2ccc(C)cc2O)c1. The van der Waals surface area contributed by atoms with E-state index in [9.17, 15) is 9.90 Å². The van der Waals surface area contributed by atoms with Crippen molar-refractivity contribution in [2.75, 3.05) is 5.32 Å². The summed E-state index contributed by atoms with van der Waals surface area (Å²) in [6.45, 7) is 3.77. The van der Waals surface area contributed by atoms with Gasteiger partial charge in [-0.2, -0.15) is 0 Å². The lowest BCUT2D eigenvalue weighted by Crippen LogP contribution is -2.13. The van der Waals surface area contributed by atoms with Crippen LogP contribution in [0.15, 0.2) is 36.5 Å². The molecular formula is C14H14N2O2. The van der Waals surface area contributed by atoms with Gasteiger partial charge in [-0.1, -0.05) is 6.07 Å². The predicted molar refractivity (Wildman–Crippen MR) is 69.8 cm³/mol. The van der Waals surface area contributed by atoms with Crippen molar-refractivity contribution in [2.45, 2.75) is 13.8 Å². The van der Waals surface area contributed by atoms with Gasteiger partial charge >= 0.3 is 0 Å². The molecule has 2 rings (SSSR count). The van der Waals surface area contributed by atoms with Crippen LogP contribution in [0.2, 0.25) is 0 Å². The lowest BCUT2D eigenvalue weighted by atomic mass is 10.1. The number of carbonyl (C=O) groups excluding carboxylic acids is 1. The van der Waals surface area contributed by atoms with Crippen LogP contribution in [0.5, 0.6) is 5.75 Å². The Balaban J connectivity index is 2.22. The fourth-order valence-corrected chi connectivity index (χ4v) is 1.62. The van der Waals surface area contributed by atoms with Gasteiger partial charge in [-0.15, -0.1) is 0 Å². The van der Waals surface area contributed by atoms with Crippen molar-refractivity contribution in [1.82, 2.24) is 4.98 Å². The third kappa shape index (κ3) is 2.66. The van der Waals surface area contributed by atoms with Crippen LogP contribution in [0.1, 0.15) is 21.5 Å². The molecule has 0 unspecified atom stereocenters. The van der Waals surface area contributed by atoms with Crippen LogP contribution < -0.4 is 5.32 Å². The molecule has 92 valence electrons. The molecule has 18 heavy (non-hydrogen) atoms. The summed E-state index contributed by atoms with van der Waals surface area (Å²) in [4.78, 5) is 16.0. The second-order valence-corrected chi connectivity index (χ2v) is 4.19. The summed E-state index contributed by atoms with van der Waals surface area (Å²) in [5.74, 6) is 0.0747. The van der Waals surface area contributed by atoms with Crippen molar-refractivity contribution in [3.63, 3.8) is 0 Å². The van der Waals surface area contributed by atoms with Crippen molar-refractivity contribution < 1.29 is 9.90 Å². The van der Waals surface area contributed by atoms with Gasteiger partial charge in [0.15, 0.2) is 0 Å². The molecule has 1 heterocycles. The van der Waals surface area contributed by atoms with Gasteiger partial charge in [0, 0.05) is 6.20 Å². The van der Waals surface area contributed by atoms with E-state index in [2.05, 4.69) is 10.3 Å².